The van der Waals surface area contributed by atoms with Crippen molar-refractivity contribution in [2.45, 2.75) is 26.7 Å². The molecular formula is C15H24N2. The molecule has 0 aromatic heterocycles. The Kier molecular flexibility index (Phi) is 4.43. The number of nitrogens with zero attached hydrogens (tertiary/aromatic N) is 1. The molecule has 1 aromatic rings. The van der Waals surface area contributed by atoms with Gasteiger partial charge in [-0.15, -0.1) is 0 Å². The SMILES string of the molecule is CCN(CCNCC1CC1)c1ccc(C)cc1. The average Bonchev–Trinajstić information content (AvgIpc) is 3.15. The average molecular weight is 232 g/mol. The van der Waals surface area contributed by atoms with Gasteiger partial charge in [0.15, 0.2) is 0 Å². The highest BCUT2D eigenvalue weighted by Crippen LogP contribution is 2.27. The van der Waals surface area contributed by atoms with E-state index in [1.54, 1.807) is 0 Å². The number of hydrogen-bond acceptors (Lipinski definition) is 2. The quantitative estimate of drug-likeness (QED) is 0.727. The maximum absolute atomic E-state index is 3.55. The van der Waals surface area contributed by atoms with Gasteiger partial charge in [-0.1, -0.05) is 17.7 Å². The Balaban J connectivity index is 1.76. The molecule has 2 nitrogen and oxygen atoms in total. The largest absolute Gasteiger partial charge is 0.371 e. The van der Waals surface area contributed by atoms with Crippen LogP contribution in [0.4, 0.5) is 5.69 Å². The molecule has 0 radical (unpaired) electrons. The van der Waals surface area contributed by atoms with Gasteiger partial charge < -0.3 is 10.2 Å². The molecule has 0 atom stereocenters. The van der Waals surface area contributed by atoms with Crippen LogP contribution >= 0.6 is 0 Å². The third kappa shape index (κ3) is 4.04. The van der Waals surface area contributed by atoms with Crippen molar-refractivity contribution < 1.29 is 0 Å². The van der Waals surface area contributed by atoms with Gasteiger partial charge in [0.05, 0.1) is 0 Å². The molecule has 1 aliphatic rings. The number of benzene rings is 1. The fraction of sp³-hybridized carbons (Fsp3) is 0.600. The molecule has 0 aliphatic heterocycles. The first-order valence-corrected chi connectivity index (χ1v) is 6.82. The Morgan fingerprint density at radius 2 is 1.94 bits per heavy atom. The summed E-state index contributed by atoms with van der Waals surface area (Å²) in [4.78, 5) is 2.43. The van der Waals surface area contributed by atoms with E-state index in [1.807, 2.05) is 0 Å². The first-order chi connectivity index (χ1) is 8.29. The lowest BCUT2D eigenvalue weighted by atomic mass is 10.2. The summed E-state index contributed by atoms with van der Waals surface area (Å²) in [6.45, 7) is 8.85. The van der Waals surface area contributed by atoms with Gasteiger partial charge in [0.2, 0.25) is 0 Å². The van der Waals surface area contributed by atoms with E-state index >= 15 is 0 Å². The van der Waals surface area contributed by atoms with Crippen molar-refractivity contribution in [1.82, 2.24) is 5.32 Å². The predicted molar refractivity (Wildman–Crippen MR) is 74.7 cm³/mol. The van der Waals surface area contributed by atoms with Crippen molar-refractivity contribution in [2.24, 2.45) is 5.92 Å². The van der Waals surface area contributed by atoms with Crippen molar-refractivity contribution in [3.8, 4) is 0 Å². The number of hydrogen-bond donors (Lipinski definition) is 1. The molecule has 1 aliphatic carbocycles. The van der Waals surface area contributed by atoms with E-state index < -0.39 is 0 Å². The minimum atomic E-state index is 0.976. The van der Waals surface area contributed by atoms with E-state index in [0.717, 1.165) is 25.6 Å². The number of rotatable bonds is 7. The van der Waals surface area contributed by atoms with Gasteiger partial charge in [-0.3, -0.25) is 0 Å². The summed E-state index contributed by atoms with van der Waals surface area (Å²) >= 11 is 0. The molecule has 0 bridgehead atoms. The lowest BCUT2D eigenvalue weighted by Gasteiger charge is -2.23. The summed E-state index contributed by atoms with van der Waals surface area (Å²) in [5, 5.41) is 3.55. The molecule has 0 amide bonds. The third-order valence-electron chi connectivity index (χ3n) is 3.47. The molecular weight excluding hydrogens is 208 g/mol. The summed E-state index contributed by atoms with van der Waals surface area (Å²) in [6.07, 6.45) is 2.87. The summed E-state index contributed by atoms with van der Waals surface area (Å²) < 4.78 is 0. The molecule has 2 heteroatoms. The second kappa shape index (κ2) is 6.06. The Bertz CT molecular complexity index is 327. The molecule has 1 saturated carbocycles. The van der Waals surface area contributed by atoms with Crippen LogP contribution in [0.25, 0.3) is 0 Å². The van der Waals surface area contributed by atoms with Gasteiger partial charge in [0, 0.05) is 25.3 Å². The van der Waals surface area contributed by atoms with Crippen molar-refractivity contribution >= 4 is 5.69 Å². The number of likely N-dealkylation sites (N-methyl/N-ethyl adjacent to an activating group) is 1. The molecule has 0 heterocycles. The molecule has 1 aromatic carbocycles. The van der Waals surface area contributed by atoms with E-state index in [-0.39, 0.29) is 0 Å². The van der Waals surface area contributed by atoms with E-state index in [2.05, 4.69) is 48.3 Å². The normalized spacial score (nSPS) is 14.9. The number of anilines is 1. The van der Waals surface area contributed by atoms with Gasteiger partial charge in [-0.25, -0.2) is 0 Å². The molecule has 17 heavy (non-hydrogen) atoms. The zero-order valence-electron chi connectivity index (χ0n) is 11.1. The summed E-state index contributed by atoms with van der Waals surface area (Å²) in [5.41, 5.74) is 2.67. The Labute approximate surface area is 105 Å². The van der Waals surface area contributed by atoms with E-state index in [1.165, 1.54) is 30.6 Å². The van der Waals surface area contributed by atoms with Crippen LogP contribution in [-0.2, 0) is 0 Å². The predicted octanol–water partition coefficient (Wildman–Crippen LogP) is 2.82. The van der Waals surface area contributed by atoms with Gasteiger partial charge in [-0.05, 0) is 51.3 Å². The van der Waals surface area contributed by atoms with Crippen LogP contribution in [0.1, 0.15) is 25.3 Å². The highest BCUT2D eigenvalue weighted by Gasteiger charge is 2.20. The number of aryl methyl sites for hydroxylation is 1. The monoisotopic (exact) mass is 232 g/mol. The lowest BCUT2D eigenvalue weighted by molar-refractivity contribution is 0.626. The molecule has 0 unspecified atom stereocenters. The number of nitrogens with one attached hydrogen (secondary N) is 1. The summed E-state index contributed by atoms with van der Waals surface area (Å²) in [6, 6.07) is 8.82. The van der Waals surface area contributed by atoms with Crippen LogP contribution in [-0.4, -0.2) is 26.2 Å². The standard InChI is InChI=1S/C15H24N2/c1-3-17(11-10-16-12-14-6-7-14)15-8-4-13(2)5-9-15/h4-5,8-9,14,16H,3,6-7,10-12H2,1-2H3. The Morgan fingerprint density at radius 3 is 2.53 bits per heavy atom. The highest BCUT2D eigenvalue weighted by atomic mass is 15.1. The van der Waals surface area contributed by atoms with E-state index in [0.29, 0.717) is 0 Å². The second-order valence-corrected chi connectivity index (χ2v) is 5.06. The minimum Gasteiger partial charge on any atom is -0.371 e. The summed E-state index contributed by atoms with van der Waals surface area (Å²) in [7, 11) is 0. The van der Waals surface area contributed by atoms with Crippen LogP contribution in [0.3, 0.4) is 0 Å². The molecule has 0 saturated heterocycles. The molecule has 0 spiro atoms. The molecule has 1 N–H and O–H groups in total. The van der Waals surface area contributed by atoms with Gasteiger partial charge in [-0.2, -0.15) is 0 Å². The zero-order valence-corrected chi connectivity index (χ0v) is 11.1. The van der Waals surface area contributed by atoms with Gasteiger partial charge >= 0.3 is 0 Å². The summed E-state index contributed by atoms with van der Waals surface area (Å²) in [5.74, 6) is 0.976. The fourth-order valence-electron chi connectivity index (χ4n) is 2.07. The van der Waals surface area contributed by atoms with Crippen LogP contribution in [0.2, 0.25) is 0 Å². The van der Waals surface area contributed by atoms with Gasteiger partial charge in [0.25, 0.3) is 0 Å². The molecule has 94 valence electrons. The maximum Gasteiger partial charge on any atom is 0.0366 e. The third-order valence-corrected chi connectivity index (χ3v) is 3.47. The van der Waals surface area contributed by atoms with Crippen LogP contribution < -0.4 is 10.2 Å². The maximum atomic E-state index is 3.55. The second-order valence-electron chi connectivity index (χ2n) is 5.06. The topological polar surface area (TPSA) is 15.3 Å². The minimum absolute atomic E-state index is 0.976. The van der Waals surface area contributed by atoms with Crippen LogP contribution in [0, 0.1) is 12.8 Å². The highest BCUT2D eigenvalue weighted by molar-refractivity contribution is 5.47. The van der Waals surface area contributed by atoms with E-state index in [9.17, 15) is 0 Å². The van der Waals surface area contributed by atoms with Crippen LogP contribution in [0.5, 0.6) is 0 Å². The Hall–Kier alpha value is -1.02. The first kappa shape index (κ1) is 12.4. The van der Waals surface area contributed by atoms with Crippen LogP contribution in [0.15, 0.2) is 24.3 Å². The Morgan fingerprint density at radius 1 is 1.24 bits per heavy atom. The van der Waals surface area contributed by atoms with Crippen molar-refractivity contribution in [3.63, 3.8) is 0 Å². The van der Waals surface area contributed by atoms with Crippen molar-refractivity contribution in [1.29, 1.82) is 0 Å². The molecule has 1 fully saturated rings. The first-order valence-electron chi connectivity index (χ1n) is 6.82. The fourth-order valence-corrected chi connectivity index (χ4v) is 2.07. The van der Waals surface area contributed by atoms with Crippen molar-refractivity contribution in [3.05, 3.63) is 29.8 Å². The van der Waals surface area contributed by atoms with Gasteiger partial charge in [0.1, 0.15) is 0 Å². The smallest absolute Gasteiger partial charge is 0.0366 e. The van der Waals surface area contributed by atoms with Crippen molar-refractivity contribution in [2.75, 3.05) is 31.1 Å². The lowest BCUT2D eigenvalue weighted by Crippen LogP contribution is -2.32. The zero-order chi connectivity index (χ0) is 12.1. The molecule has 2 rings (SSSR count). The van der Waals surface area contributed by atoms with E-state index in [4.69, 9.17) is 0 Å².